The lowest BCUT2D eigenvalue weighted by molar-refractivity contribution is -0.134. The van der Waals surface area contributed by atoms with Crippen LogP contribution in [0.4, 0.5) is 0 Å². The third-order valence-corrected chi connectivity index (χ3v) is 5.97. The van der Waals surface area contributed by atoms with Crippen molar-refractivity contribution in [3.05, 3.63) is 83.5 Å². The molecule has 0 atom stereocenters. The van der Waals surface area contributed by atoms with Crippen LogP contribution in [0.3, 0.4) is 0 Å². The Morgan fingerprint density at radius 2 is 1.36 bits per heavy atom. The maximum absolute atomic E-state index is 9.55. The number of rotatable bonds is 6. The van der Waals surface area contributed by atoms with Gasteiger partial charge >= 0.3 is 23.9 Å². The lowest BCUT2D eigenvalue weighted by atomic mass is 9.90. The summed E-state index contributed by atoms with van der Waals surface area (Å²) in [6.45, 7) is 4.22. The first kappa shape index (κ1) is 31.0. The van der Waals surface area contributed by atoms with Gasteiger partial charge in [-0.2, -0.15) is 0 Å². The first-order valence-corrected chi connectivity index (χ1v) is 12.5. The summed E-state index contributed by atoms with van der Waals surface area (Å²) in [6.07, 6.45) is 9.60. The summed E-state index contributed by atoms with van der Waals surface area (Å²) in [4.78, 5) is 45.4. The summed E-state index contributed by atoms with van der Waals surface area (Å²) < 4.78 is 2.31. The summed E-state index contributed by atoms with van der Waals surface area (Å²) in [5, 5.41) is 31.2. The number of carboxylic acid groups (broad SMARTS) is 4. The third kappa shape index (κ3) is 10.6. The van der Waals surface area contributed by atoms with Crippen LogP contribution in [-0.2, 0) is 32.1 Å². The monoisotopic (exact) mass is 559 g/mol. The molecule has 4 N–H and O–H groups in total. The van der Waals surface area contributed by atoms with Crippen LogP contribution < -0.4 is 0 Å². The Kier molecular flexibility index (Phi) is 12.6. The number of aliphatic carboxylic acids is 4. The number of halogens is 1. The van der Waals surface area contributed by atoms with Crippen molar-refractivity contribution in [1.29, 1.82) is 0 Å². The molecule has 0 saturated carbocycles. The highest BCUT2D eigenvalue weighted by molar-refractivity contribution is 6.18. The highest BCUT2D eigenvalue weighted by Gasteiger charge is 2.24. The summed E-state index contributed by atoms with van der Waals surface area (Å²) in [7, 11) is 0. The molecular weight excluding hydrogens is 530 g/mol. The van der Waals surface area contributed by atoms with Gasteiger partial charge in [0.2, 0.25) is 0 Å². The minimum absolute atomic E-state index is 0.558. The van der Waals surface area contributed by atoms with Gasteiger partial charge in [0.05, 0.1) is 0 Å². The van der Waals surface area contributed by atoms with Gasteiger partial charge in [-0.05, 0) is 30.4 Å². The first-order chi connectivity index (χ1) is 18.6. The van der Waals surface area contributed by atoms with E-state index in [0.29, 0.717) is 24.3 Å². The summed E-state index contributed by atoms with van der Waals surface area (Å²) in [5.41, 5.74) is 5.77. The molecule has 208 valence electrons. The van der Waals surface area contributed by atoms with Crippen LogP contribution in [-0.4, -0.2) is 84.3 Å². The number of aryl methyl sites for hydroxylation is 2. The Morgan fingerprint density at radius 1 is 0.821 bits per heavy atom. The Balaban J connectivity index is 0.000000277. The number of hydrogen-bond acceptors (Lipinski definition) is 6. The van der Waals surface area contributed by atoms with Gasteiger partial charge in [-0.25, -0.2) is 24.2 Å². The van der Waals surface area contributed by atoms with Gasteiger partial charge in [0.15, 0.2) is 0 Å². The zero-order valence-electron chi connectivity index (χ0n) is 21.1. The molecule has 1 aromatic carbocycles. The maximum Gasteiger partial charge on any atom is 0.328 e. The Hall–Kier alpha value is -4.22. The van der Waals surface area contributed by atoms with E-state index in [0.717, 1.165) is 57.1 Å². The summed E-state index contributed by atoms with van der Waals surface area (Å²) >= 11 is 5.89. The molecule has 0 bridgehead atoms. The number of benzene rings is 1. The SMILES string of the molecule is ClCCN1CCC(=C2c3ccccc3CCn3ccnc32)CC1.O=C(O)C=CC(=O)O.O=C(O)C=CC(=O)O. The molecule has 1 saturated heterocycles. The number of nitrogens with zero attached hydrogens (tertiary/aromatic N) is 3. The largest absolute Gasteiger partial charge is 0.478 e. The number of imidazole rings is 1. The lowest BCUT2D eigenvalue weighted by Crippen LogP contribution is -2.32. The molecule has 0 amide bonds. The van der Waals surface area contributed by atoms with E-state index < -0.39 is 23.9 Å². The second-order valence-corrected chi connectivity index (χ2v) is 8.76. The predicted molar refractivity (Wildman–Crippen MR) is 144 cm³/mol. The van der Waals surface area contributed by atoms with Crippen LogP contribution in [0, 0.1) is 0 Å². The van der Waals surface area contributed by atoms with Crippen molar-refractivity contribution >= 4 is 41.1 Å². The molecule has 12 heteroatoms. The van der Waals surface area contributed by atoms with E-state index in [2.05, 4.69) is 39.9 Å². The zero-order chi connectivity index (χ0) is 28.8. The molecule has 39 heavy (non-hydrogen) atoms. The van der Waals surface area contributed by atoms with E-state index in [1.165, 1.54) is 16.7 Å². The van der Waals surface area contributed by atoms with Gasteiger partial charge in [-0.1, -0.05) is 29.8 Å². The molecule has 0 radical (unpaired) electrons. The highest BCUT2D eigenvalue weighted by Crippen LogP contribution is 2.35. The number of carboxylic acids is 4. The maximum atomic E-state index is 9.55. The quantitative estimate of drug-likeness (QED) is 0.304. The van der Waals surface area contributed by atoms with Gasteiger partial charge in [0, 0.05) is 74.3 Å². The summed E-state index contributed by atoms with van der Waals surface area (Å²) in [6, 6.07) is 8.84. The number of fused-ring (bicyclic) bond motifs is 2. The van der Waals surface area contributed by atoms with E-state index in [4.69, 9.17) is 37.0 Å². The number of hydrogen-bond donors (Lipinski definition) is 4. The molecule has 11 nitrogen and oxygen atoms in total. The second kappa shape index (κ2) is 15.9. The molecule has 4 rings (SSSR count). The van der Waals surface area contributed by atoms with Crippen molar-refractivity contribution < 1.29 is 39.6 Å². The minimum Gasteiger partial charge on any atom is -0.478 e. The van der Waals surface area contributed by atoms with Crippen molar-refractivity contribution in [1.82, 2.24) is 14.5 Å². The lowest BCUT2D eigenvalue weighted by Gasteiger charge is -2.29. The van der Waals surface area contributed by atoms with Crippen molar-refractivity contribution in [3.8, 4) is 0 Å². The fourth-order valence-electron chi connectivity index (χ4n) is 4.11. The molecule has 0 aliphatic carbocycles. The molecule has 2 aliphatic rings. The molecule has 2 aliphatic heterocycles. The van der Waals surface area contributed by atoms with E-state index in [1.807, 2.05) is 6.20 Å². The van der Waals surface area contributed by atoms with Crippen molar-refractivity contribution in [3.63, 3.8) is 0 Å². The van der Waals surface area contributed by atoms with Gasteiger partial charge in [0.25, 0.3) is 0 Å². The van der Waals surface area contributed by atoms with Crippen molar-refractivity contribution in [2.24, 2.45) is 0 Å². The number of likely N-dealkylation sites (tertiary alicyclic amines) is 1. The highest BCUT2D eigenvalue weighted by atomic mass is 35.5. The van der Waals surface area contributed by atoms with Crippen LogP contribution in [0.25, 0.3) is 5.57 Å². The van der Waals surface area contributed by atoms with E-state index in [9.17, 15) is 19.2 Å². The molecule has 1 fully saturated rings. The van der Waals surface area contributed by atoms with Gasteiger partial charge in [-0.3, -0.25) is 0 Å². The molecule has 2 aromatic rings. The molecule has 3 heterocycles. The normalized spacial score (nSPS) is 14.8. The van der Waals surface area contributed by atoms with E-state index in [-0.39, 0.29) is 0 Å². The molecule has 0 unspecified atom stereocenters. The van der Waals surface area contributed by atoms with E-state index in [1.54, 1.807) is 5.57 Å². The molecule has 1 aromatic heterocycles. The third-order valence-electron chi connectivity index (χ3n) is 5.80. The fourth-order valence-corrected chi connectivity index (χ4v) is 4.35. The number of aromatic nitrogens is 2. The van der Waals surface area contributed by atoms with Crippen LogP contribution in [0.15, 0.2) is 66.5 Å². The Labute approximate surface area is 230 Å². The van der Waals surface area contributed by atoms with Crippen LogP contribution in [0.5, 0.6) is 0 Å². The topological polar surface area (TPSA) is 170 Å². The van der Waals surface area contributed by atoms with Crippen molar-refractivity contribution in [2.75, 3.05) is 25.5 Å². The average Bonchev–Trinajstić information content (AvgIpc) is 3.30. The zero-order valence-corrected chi connectivity index (χ0v) is 21.8. The molecule has 0 spiro atoms. The van der Waals surface area contributed by atoms with Crippen LogP contribution in [0.2, 0.25) is 0 Å². The Morgan fingerprint density at radius 3 is 1.87 bits per heavy atom. The van der Waals surface area contributed by atoms with Crippen molar-refractivity contribution in [2.45, 2.75) is 25.8 Å². The summed E-state index contributed by atoms with van der Waals surface area (Å²) in [5.74, 6) is -3.16. The smallest absolute Gasteiger partial charge is 0.328 e. The fraction of sp³-hybridized carbons (Fsp3) is 0.296. The van der Waals surface area contributed by atoms with Crippen LogP contribution in [0.1, 0.15) is 29.8 Å². The average molecular weight is 560 g/mol. The Bertz CT molecular complexity index is 1190. The minimum atomic E-state index is -1.26. The number of alkyl halides is 1. The predicted octanol–water partition coefficient (Wildman–Crippen LogP) is 3.00. The first-order valence-electron chi connectivity index (χ1n) is 12.0. The van der Waals surface area contributed by atoms with E-state index >= 15 is 0 Å². The second-order valence-electron chi connectivity index (χ2n) is 8.38. The number of carbonyl (C=O) groups is 4. The molecular formula is C27H30ClN3O8. The van der Waals surface area contributed by atoms with Gasteiger partial charge < -0.3 is 29.9 Å². The van der Waals surface area contributed by atoms with Crippen LogP contribution >= 0.6 is 11.6 Å². The standard InChI is InChI=1S/C19H22ClN3.2C4H4O4/c20-8-13-22-10-5-16(6-11-22)18-17-4-2-1-3-15(17)7-12-23-14-9-21-19(18)23;2*5-3(6)1-2-4(7)8/h1-4,9,14H,5-8,10-13H2;2*1-2H,(H,5,6)(H,7,8). The number of piperidine rings is 1. The van der Waals surface area contributed by atoms with Gasteiger partial charge in [-0.15, -0.1) is 11.6 Å². The van der Waals surface area contributed by atoms with Gasteiger partial charge in [0.1, 0.15) is 5.82 Å².